The molecule has 2 aliphatic rings. The summed E-state index contributed by atoms with van der Waals surface area (Å²) in [5, 5.41) is 3.39. The highest BCUT2D eigenvalue weighted by molar-refractivity contribution is 5.94. The molecule has 24 heavy (non-hydrogen) atoms. The van der Waals surface area contributed by atoms with Crippen molar-refractivity contribution in [3.8, 4) is 0 Å². The van der Waals surface area contributed by atoms with Crippen LogP contribution in [0.15, 0.2) is 18.2 Å². The molecule has 0 atom stereocenters. The number of hydrogen-bond donors (Lipinski definition) is 1. The van der Waals surface area contributed by atoms with E-state index in [9.17, 15) is 4.79 Å². The molecule has 1 aromatic carbocycles. The first-order valence-corrected chi connectivity index (χ1v) is 9.47. The van der Waals surface area contributed by atoms with Crippen LogP contribution in [0.1, 0.15) is 41.3 Å². The Balaban J connectivity index is 1.66. The van der Waals surface area contributed by atoms with Crippen molar-refractivity contribution in [2.75, 3.05) is 46.3 Å². The maximum Gasteiger partial charge on any atom is 0.253 e. The minimum absolute atomic E-state index is 0.174. The molecule has 0 saturated carbocycles. The molecular formula is C20H31N3O. The molecule has 0 aromatic heterocycles. The van der Waals surface area contributed by atoms with E-state index in [-0.39, 0.29) is 5.91 Å². The van der Waals surface area contributed by atoms with Gasteiger partial charge < -0.3 is 15.1 Å². The number of nitrogens with one attached hydrogen (secondary N) is 1. The van der Waals surface area contributed by atoms with Crippen molar-refractivity contribution < 1.29 is 4.79 Å². The molecule has 4 nitrogen and oxygen atoms in total. The van der Waals surface area contributed by atoms with E-state index in [2.05, 4.69) is 29.3 Å². The smallest absolute Gasteiger partial charge is 0.253 e. The van der Waals surface area contributed by atoms with Crippen molar-refractivity contribution in [3.63, 3.8) is 0 Å². The Morgan fingerprint density at radius 1 is 1.21 bits per heavy atom. The molecular weight excluding hydrogens is 298 g/mol. The summed E-state index contributed by atoms with van der Waals surface area (Å²) >= 11 is 0. The molecule has 1 saturated heterocycles. The number of nitrogens with zero attached hydrogens (tertiary/aromatic N) is 2. The number of amides is 1. The van der Waals surface area contributed by atoms with Gasteiger partial charge in [0.05, 0.1) is 0 Å². The molecule has 1 N–H and O–H groups in total. The zero-order valence-corrected chi connectivity index (χ0v) is 15.2. The van der Waals surface area contributed by atoms with Crippen molar-refractivity contribution in [2.24, 2.45) is 5.92 Å². The lowest BCUT2D eigenvalue weighted by Gasteiger charge is -2.27. The summed E-state index contributed by atoms with van der Waals surface area (Å²) in [4.78, 5) is 17.2. The molecule has 2 heterocycles. The number of hydrogen-bond acceptors (Lipinski definition) is 3. The number of carbonyl (C=O) groups is 1. The quantitative estimate of drug-likeness (QED) is 0.920. The van der Waals surface area contributed by atoms with Crippen molar-refractivity contribution in [3.05, 3.63) is 34.9 Å². The number of fused-ring (bicyclic) bond motifs is 1. The predicted octanol–water partition coefficient (Wildman–Crippen LogP) is 2.18. The van der Waals surface area contributed by atoms with Gasteiger partial charge in [0.2, 0.25) is 0 Å². The van der Waals surface area contributed by atoms with E-state index in [4.69, 9.17) is 0 Å². The van der Waals surface area contributed by atoms with Crippen LogP contribution in [0.25, 0.3) is 0 Å². The SMILES string of the molecule is CCN1CCc2ccc(C(=O)N(C)CC3CCNCC3)cc2CC1. The molecule has 3 rings (SSSR count). The maximum absolute atomic E-state index is 12.8. The molecule has 0 radical (unpaired) electrons. The molecule has 132 valence electrons. The third kappa shape index (κ3) is 4.17. The van der Waals surface area contributed by atoms with Gasteiger partial charge in [-0.1, -0.05) is 13.0 Å². The van der Waals surface area contributed by atoms with E-state index >= 15 is 0 Å². The van der Waals surface area contributed by atoms with Crippen LogP contribution in [0.4, 0.5) is 0 Å². The van der Waals surface area contributed by atoms with Gasteiger partial charge >= 0.3 is 0 Å². The standard InChI is InChI=1S/C20H31N3O/c1-3-23-12-8-17-4-5-19(14-18(17)9-13-23)20(24)22(2)15-16-6-10-21-11-7-16/h4-5,14,16,21H,3,6-13,15H2,1-2H3. The van der Waals surface area contributed by atoms with Gasteiger partial charge in [-0.3, -0.25) is 4.79 Å². The minimum atomic E-state index is 0.174. The fourth-order valence-corrected chi connectivity index (χ4v) is 3.98. The maximum atomic E-state index is 12.8. The van der Waals surface area contributed by atoms with E-state index in [1.807, 2.05) is 18.0 Å². The van der Waals surface area contributed by atoms with Crippen molar-refractivity contribution in [1.29, 1.82) is 0 Å². The lowest BCUT2D eigenvalue weighted by atomic mass is 9.96. The fraction of sp³-hybridized carbons (Fsp3) is 0.650. The highest BCUT2D eigenvalue weighted by atomic mass is 16.2. The van der Waals surface area contributed by atoms with Crippen LogP contribution in [0.2, 0.25) is 0 Å². The van der Waals surface area contributed by atoms with Gasteiger partial charge in [-0.05, 0) is 74.5 Å². The largest absolute Gasteiger partial charge is 0.341 e. The van der Waals surface area contributed by atoms with E-state index in [0.29, 0.717) is 5.92 Å². The molecule has 1 aromatic rings. The first-order valence-electron chi connectivity index (χ1n) is 9.47. The summed E-state index contributed by atoms with van der Waals surface area (Å²) in [5.74, 6) is 0.812. The molecule has 0 spiro atoms. The molecule has 4 heteroatoms. The van der Waals surface area contributed by atoms with Gasteiger partial charge in [0.15, 0.2) is 0 Å². The summed E-state index contributed by atoms with van der Waals surface area (Å²) in [5.41, 5.74) is 3.64. The Morgan fingerprint density at radius 3 is 2.62 bits per heavy atom. The van der Waals surface area contributed by atoms with Crippen LogP contribution >= 0.6 is 0 Å². The van der Waals surface area contributed by atoms with Crippen LogP contribution in [0.3, 0.4) is 0 Å². The van der Waals surface area contributed by atoms with Crippen LogP contribution in [0, 0.1) is 5.92 Å². The average Bonchev–Trinajstić information content (AvgIpc) is 2.83. The van der Waals surface area contributed by atoms with Crippen molar-refractivity contribution in [2.45, 2.75) is 32.6 Å². The Bertz CT molecular complexity index is 566. The summed E-state index contributed by atoms with van der Waals surface area (Å²) in [6.07, 6.45) is 4.51. The first-order chi connectivity index (χ1) is 11.7. The second-order valence-electron chi connectivity index (χ2n) is 7.30. The van der Waals surface area contributed by atoms with Gasteiger partial charge in [-0.2, -0.15) is 0 Å². The highest BCUT2D eigenvalue weighted by Gasteiger charge is 2.20. The third-order valence-electron chi connectivity index (χ3n) is 5.63. The second kappa shape index (κ2) is 8.13. The van der Waals surface area contributed by atoms with Gasteiger partial charge in [-0.25, -0.2) is 0 Å². The third-order valence-corrected chi connectivity index (χ3v) is 5.63. The number of rotatable bonds is 4. The Hall–Kier alpha value is -1.39. The van der Waals surface area contributed by atoms with Gasteiger partial charge in [0.1, 0.15) is 0 Å². The lowest BCUT2D eigenvalue weighted by molar-refractivity contribution is 0.0762. The molecule has 1 amide bonds. The minimum Gasteiger partial charge on any atom is -0.341 e. The zero-order chi connectivity index (χ0) is 16.9. The van der Waals surface area contributed by atoms with E-state index in [1.165, 1.54) is 24.0 Å². The molecule has 0 aliphatic carbocycles. The van der Waals surface area contributed by atoms with Crippen LogP contribution in [-0.2, 0) is 12.8 Å². The Kier molecular flexibility index (Phi) is 5.90. The lowest BCUT2D eigenvalue weighted by Crippen LogP contribution is -2.37. The van der Waals surface area contributed by atoms with Crippen LogP contribution in [-0.4, -0.2) is 62.0 Å². The summed E-state index contributed by atoms with van der Waals surface area (Å²) in [7, 11) is 1.95. The topological polar surface area (TPSA) is 35.6 Å². The van der Waals surface area contributed by atoms with Crippen LogP contribution in [0.5, 0.6) is 0 Å². The summed E-state index contributed by atoms with van der Waals surface area (Å²) < 4.78 is 0. The van der Waals surface area contributed by atoms with Gasteiger partial charge in [-0.15, -0.1) is 0 Å². The number of piperidine rings is 1. The fourth-order valence-electron chi connectivity index (χ4n) is 3.98. The van der Waals surface area contributed by atoms with E-state index in [0.717, 1.165) is 57.7 Å². The van der Waals surface area contributed by atoms with Gasteiger partial charge in [0, 0.05) is 32.2 Å². The van der Waals surface area contributed by atoms with E-state index < -0.39 is 0 Å². The molecule has 0 bridgehead atoms. The highest BCUT2D eigenvalue weighted by Crippen LogP contribution is 2.20. The first kappa shape index (κ1) is 17.4. The van der Waals surface area contributed by atoms with Gasteiger partial charge in [0.25, 0.3) is 5.91 Å². The van der Waals surface area contributed by atoms with Crippen molar-refractivity contribution in [1.82, 2.24) is 15.1 Å². The van der Waals surface area contributed by atoms with Crippen LogP contribution < -0.4 is 5.32 Å². The molecule has 1 fully saturated rings. The number of carbonyl (C=O) groups excluding carboxylic acids is 1. The number of likely N-dealkylation sites (N-methyl/N-ethyl adjacent to an activating group) is 1. The summed E-state index contributed by atoms with van der Waals surface area (Å²) in [6.45, 7) is 8.61. The molecule has 2 aliphatic heterocycles. The normalized spacial score (nSPS) is 19.6. The second-order valence-corrected chi connectivity index (χ2v) is 7.30. The Labute approximate surface area is 146 Å². The number of benzene rings is 1. The average molecular weight is 329 g/mol. The zero-order valence-electron chi connectivity index (χ0n) is 15.2. The van der Waals surface area contributed by atoms with Crippen molar-refractivity contribution >= 4 is 5.91 Å². The molecule has 0 unspecified atom stereocenters. The summed E-state index contributed by atoms with van der Waals surface area (Å²) in [6, 6.07) is 6.36. The Morgan fingerprint density at radius 2 is 1.92 bits per heavy atom. The van der Waals surface area contributed by atoms with E-state index in [1.54, 1.807) is 0 Å². The predicted molar refractivity (Wildman–Crippen MR) is 98.5 cm³/mol. The monoisotopic (exact) mass is 329 g/mol.